The summed E-state index contributed by atoms with van der Waals surface area (Å²) in [6.07, 6.45) is 6.31. The van der Waals surface area contributed by atoms with Gasteiger partial charge in [0.2, 0.25) is 0 Å². The van der Waals surface area contributed by atoms with Gasteiger partial charge in [-0.2, -0.15) is 5.10 Å². The Balaban J connectivity index is 2.14. The molecule has 2 aromatic heterocycles. The van der Waals surface area contributed by atoms with E-state index in [4.69, 9.17) is 11.6 Å². The van der Waals surface area contributed by atoms with Gasteiger partial charge in [0.1, 0.15) is 5.15 Å². The van der Waals surface area contributed by atoms with E-state index in [1.54, 1.807) is 17.1 Å². The van der Waals surface area contributed by atoms with E-state index in [2.05, 4.69) is 10.1 Å². The van der Waals surface area contributed by atoms with Crippen molar-refractivity contribution in [1.82, 2.24) is 14.8 Å². The number of rotatable bonds is 3. The molecule has 0 spiro atoms. The van der Waals surface area contributed by atoms with E-state index in [1.165, 1.54) is 0 Å². The maximum Gasteiger partial charge on any atom is 0.155 e. The summed E-state index contributed by atoms with van der Waals surface area (Å²) in [6.45, 7) is 0. The predicted molar refractivity (Wildman–Crippen MR) is 63.7 cm³/mol. The van der Waals surface area contributed by atoms with Crippen molar-refractivity contribution >= 4 is 17.9 Å². The van der Waals surface area contributed by atoms with Crippen molar-refractivity contribution in [3.8, 4) is 5.69 Å². The zero-order valence-corrected chi connectivity index (χ0v) is 9.76. The first kappa shape index (κ1) is 10.5. The van der Waals surface area contributed by atoms with E-state index >= 15 is 0 Å². The highest BCUT2D eigenvalue weighted by Gasteiger charge is 2.31. The fourth-order valence-corrected chi connectivity index (χ4v) is 2.13. The second kappa shape index (κ2) is 3.96. The fraction of sp³-hybridized carbons (Fsp3) is 0.250. The lowest BCUT2D eigenvalue weighted by Gasteiger charge is -2.01. The Hall–Kier alpha value is -1.68. The summed E-state index contributed by atoms with van der Waals surface area (Å²) in [5.41, 5.74) is 2.16. The van der Waals surface area contributed by atoms with Crippen LogP contribution in [0, 0.1) is 0 Å². The Morgan fingerprint density at radius 1 is 1.35 bits per heavy atom. The van der Waals surface area contributed by atoms with E-state index in [0.29, 0.717) is 16.6 Å². The summed E-state index contributed by atoms with van der Waals surface area (Å²) in [4.78, 5) is 15.0. The van der Waals surface area contributed by atoms with E-state index in [0.717, 1.165) is 30.5 Å². The van der Waals surface area contributed by atoms with Crippen LogP contribution in [-0.2, 0) is 0 Å². The molecule has 1 aliphatic carbocycles. The molecule has 0 amide bonds. The van der Waals surface area contributed by atoms with Gasteiger partial charge in [0, 0.05) is 18.3 Å². The van der Waals surface area contributed by atoms with Crippen molar-refractivity contribution in [2.75, 3.05) is 0 Å². The number of hydrogen-bond donors (Lipinski definition) is 0. The molecule has 0 radical (unpaired) electrons. The van der Waals surface area contributed by atoms with Gasteiger partial charge < -0.3 is 0 Å². The van der Waals surface area contributed by atoms with Crippen molar-refractivity contribution < 1.29 is 4.79 Å². The minimum atomic E-state index is 0.383. The molecule has 5 heteroatoms. The third kappa shape index (κ3) is 1.74. The van der Waals surface area contributed by atoms with Gasteiger partial charge in [0.05, 0.1) is 16.9 Å². The van der Waals surface area contributed by atoms with Gasteiger partial charge in [0.15, 0.2) is 6.29 Å². The Kier molecular flexibility index (Phi) is 2.44. The van der Waals surface area contributed by atoms with Gasteiger partial charge in [-0.05, 0) is 25.0 Å². The molecule has 1 saturated carbocycles. The standard InChI is InChI=1S/C12H10ClN3O/c13-12-10(7-17)11(8-1-2-8)15-16(12)9-3-5-14-6-4-9/h3-8H,1-2H2. The van der Waals surface area contributed by atoms with Gasteiger partial charge in [0.25, 0.3) is 0 Å². The van der Waals surface area contributed by atoms with Gasteiger partial charge in [-0.3, -0.25) is 9.78 Å². The van der Waals surface area contributed by atoms with Crippen LogP contribution in [0.1, 0.15) is 34.8 Å². The van der Waals surface area contributed by atoms with Crippen molar-refractivity contribution in [1.29, 1.82) is 0 Å². The van der Waals surface area contributed by atoms with Crippen molar-refractivity contribution in [3.05, 3.63) is 40.9 Å². The molecule has 4 nitrogen and oxygen atoms in total. The molecule has 0 N–H and O–H groups in total. The SMILES string of the molecule is O=Cc1c(C2CC2)nn(-c2ccncc2)c1Cl. The van der Waals surface area contributed by atoms with Crippen LogP contribution in [0.4, 0.5) is 0 Å². The third-order valence-electron chi connectivity index (χ3n) is 2.88. The normalized spacial score (nSPS) is 14.9. The summed E-state index contributed by atoms with van der Waals surface area (Å²) >= 11 is 6.18. The number of carbonyl (C=O) groups is 1. The minimum absolute atomic E-state index is 0.383. The average Bonchev–Trinajstić information content (AvgIpc) is 3.15. The minimum Gasteiger partial charge on any atom is -0.298 e. The zero-order chi connectivity index (χ0) is 11.8. The quantitative estimate of drug-likeness (QED) is 0.784. The second-order valence-electron chi connectivity index (χ2n) is 4.10. The highest BCUT2D eigenvalue weighted by atomic mass is 35.5. The topological polar surface area (TPSA) is 47.8 Å². The Morgan fingerprint density at radius 2 is 2.06 bits per heavy atom. The summed E-state index contributed by atoms with van der Waals surface area (Å²) < 4.78 is 1.60. The van der Waals surface area contributed by atoms with E-state index in [-0.39, 0.29) is 0 Å². The number of halogens is 1. The van der Waals surface area contributed by atoms with Crippen LogP contribution in [0.25, 0.3) is 5.69 Å². The zero-order valence-electron chi connectivity index (χ0n) is 9.01. The predicted octanol–water partition coefficient (Wildman–Crippen LogP) is 2.61. The number of carbonyl (C=O) groups excluding carboxylic acids is 1. The van der Waals surface area contributed by atoms with Crippen molar-refractivity contribution in [3.63, 3.8) is 0 Å². The largest absolute Gasteiger partial charge is 0.298 e. The maximum atomic E-state index is 11.1. The number of hydrogen-bond acceptors (Lipinski definition) is 3. The van der Waals surface area contributed by atoms with Crippen LogP contribution < -0.4 is 0 Å². The van der Waals surface area contributed by atoms with Gasteiger partial charge in [-0.1, -0.05) is 11.6 Å². The first-order valence-electron chi connectivity index (χ1n) is 5.45. The number of aldehydes is 1. The van der Waals surface area contributed by atoms with E-state index in [9.17, 15) is 4.79 Å². The lowest BCUT2D eigenvalue weighted by atomic mass is 10.2. The van der Waals surface area contributed by atoms with Crippen LogP contribution in [0.15, 0.2) is 24.5 Å². The van der Waals surface area contributed by atoms with Gasteiger partial charge >= 0.3 is 0 Å². The van der Waals surface area contributed by atoms with Crippen LogP contribution >= 0.6 is 11.6 Å². The fourth-order valence-electron chi connectivity index (χ4n) is 1.85. The van der Waals surface area contributed by atoms with Gasteiger partial charge in [-0.25, -0.2) is 4.68 Å². The molecule has 2 aromatic rings. The molecule has 2 heterocycles. The molecular weight excluding hydrogens is 238 g/mol. The van der Waals surface area contributed by atoms with Crippen molar-refractivity contribution in [2.45, 2.75) is 18.8 Å². The highest BCUT2D eigenvalue weighted by molar-refractivity contribution is 6.32. The van der Waals surface area contributed by atoms with E-state index < -0.39 is 0 Å². The molecule has 0 atom stereocenters. The Morgan fingerprint density at radius 3 is 2.65 bits per heavy atom. The maximum absolute atomic E-state index is 11.1. The van der Waals surface area contributed by atoms with Crippen LogP contribution in [0.5, 0.6) is 0 Å². The number of aromatic nitrogens is 3. The average molecular weight is 248 g/mol. The lowest BCUT2D eigenvalue weighted by Crippen LogP contribution is -1.97. The van der Waals surface area contributed by atoms with E-state index in [1.807, 2.05) is 12.1 Å². The molecule has 0 aliphatic heterocycles. The van der Waals surface area contributed by atoms with Crippen LogP contribution in [0.2, 0.25) is 5.15 Å². The molecule has 0 aromatic carbocycles. The molecule has 0 bridgehead atoms. The summed E-state index contributed by atoms with van der Waals surface area (Å²) in [5, 5.41) is 4.82. The lowest BCUT2D eigenvalue weighted by molar-refractivity contribution is 0.112. The first-order chi connectivity index (χ1) is 8.31. The summed E-state index contributed by atoms with van der Waals surface area (Å²) in [7, 11) is 0. The smallest absolute Gasteiger partial charge is 0.155 e. The van der Waals surface area contributed by atoms with Crippen LogP contribution in [0.3, 0.4) is 0 Å². The molecule has 1 aliphatic rings. The molecule has 17 heavy (non-hydrogen) atoms. The monoisotopic (exact) mass is 247 g/mol. The van der Waals surface area contributed by atoms with Gasteiger partial charge in [-0.15, -0.1) is 0 Å². The third-order valence-corrected chi connectivity index (χ3v) is 3.24. The Labute approximate surface area is 103 Å². The Bertz CT molecular complexity index is 561. The molecule has 3 rings (SSSR count). The molecule has 86 valence electrons. The summed E-state index contributed by atoms with van der Waals surface area (Å²) in [5.74, 6) is 0.399. The molecular formula is C12H10ClN3O. The van der Waals surface area contributed by atoms with Crippen LogP contribution in [-0.4, -0.2) is 21.1 Å². The number of nitrogens with zero attached hydrogens (tertiary/aromatic N) is 3. The second-order valence-corrected chi connectivity index (χ2v) is 4.46. The first-order valence-corrected chi connectivity index (χ1v) is 5.83. The number of pyridine rings is 1. The molecule has 0 saturated heterocycles. The summed E-state index contributed by atoms with van der Waals surface area (Å²) in [6, 6.07) is 3.62. The van der Waals surface area contributed by atoms with Crippen molar-refractivity contribution in [2.24, 2.45) is 0 Å². The molecule has 1 fully saturated rings. The molecule has 0 unspecified atom stereocenters. The highest BCUT2D eigenvalue weighted by Crippen LogP contribution is 2.42.